The van der Waals surface area contributed by atoms with E-state index in [0.29, 0.717) is 29.9 Å². The number of hydrogen-bond donors (Lipinski definition) is 1. The third-order valence-electron chi connectivity index (χ3n) is 5.31. The first kappa shape index (κ1) is 19.9. The first-order chi connectivity index (χ1) is 13.6. The van der Waals surface area contributed by atoms with Gasteiger partial charge in [-0.25, -0.2) is 0 Å². The molecule has 1 N–H and O–H groups in total. The molecule has 1 aliphatic heterocycles. The predicted octanol–water partition coefficient (Wildman–Crippen LogP) is 4.41. The average molecular weight is 380 g/mol. The van der Waals surface area contributed by atoms with Gasteiger partial charge in [-0.3, -0.25) is 9.59 Å². The quantitative estimate of drug-likeness (QED) is 0.809. The fourth-order valence-corrected chi connectivity index (χ4v) is 3.63. The Morgan fingerprint density at radius 2 is 1.57 bits per heavy atom. The van der Waals surface area contributed by atoms with E-state index in [4.69, 9.17) is 0 Å². The summed E-state index contributed by atoms with van der Waals surface area (Å²) < 4.78 is 0. The van der Waals surface area contributed by atoms with Crippen LogP contribution >= 0.6 is 0 Å². The van der Waals surface area contributed by atoms with Crippen LogP contribution in [-0.4, -0.2) is 42.9 Å². The van der Waals surface area contributed by atoms with E-state index in [1.807, 2.05) is 50.2 Å². The van der Waals surface area contributed by atoms with Crippen molar-refractivity contribution in [2.45, 2.75) is 33.1 Å². The molecule has 0 unspecified atom stereocenters. The minimum absolute atomic E-state index is 0.0682. The van der Waals surface area contributed by atoms with E-state index in [9.17, 15) is 9.59 Å². The van der Waals surface area contributed by atoms with E-state index >= 15 is 0 Å². The number of carbonyl (C=O) groups excluding carboxylic acids is 2. The molecule has 0 aliphatic carbocycles. The molecule has 0 spiro atoms. The van der Waals surface area contributed by atoms with Gasteiger partial charge in [0.2, 0.25) is 0 Å². The van der Waals surface area contributed by atoms with Gasteiger partial charge >= 0.3 is 0 Å². The van der Waals surface area contributed by atoms with Gasteiger partial charge in [0.1, 0.15) is 0 Å². The number of amides is 2. The maximum absolute atomic E-state index is 12.7. The van der Waals surface area contributed by atoms with Crippen LogP contribution in [0.5, 0.6) is 0 Å². The summed E-state index contributed by atoms with van der Waals surface area (Å²) in [6, 6.07) is 14.9. The maximum Gasteiger partial charge on any atom is 0.255 e. The van der Waals surface area contributed by atoms with Crippen molar-refractivity contribution in [2.75, 3.05) is 36.4 Å². The molecule has 2 aromatic rings. The molecule has 0 aromatic heterocycles. The Kier molecular flexibility index (Phi) is 6.69. The highest BCUT2D eigenvalue weighted by molar-refractivity contribution is 6.09. The summed E-state index contributed by atoms with van der Waals surface area (Å²) in [4.78, 5) is 29.6. The summed E-state index contributed by atoms with van der Waals surface area (Å²) in [5.74, 6) is -0.272. The molecule has 5 nitrogen and oxygen atoms in total. The van der Waals surface area contributed by atoms with Crippen LogP contribution in [0.15, 0.2) is 48.5 Å². The van der Waals surface area contributed by atoms with Gasteiger partial charge in [0, 0.05) is 37.4 Å². The van der Waals surface area contributed by atoms with Crippen molar-refractivity contribution < 1.29 is 9.59 Å². The normalized spacial score (nSPS) is 13.9. The van der Waals surface area contributed by atoms with Crippen LogP contribution in [0.1, 0.15) is 53.8 Å². The van der Waals surface area contributed by atoms with Crippen LogP contribution < -0.4 is 10.2 Å². The molecule has 1 fully saturated rings. The summed E-state index contributed by atoms with van der Waals surface area (Å²) >= 11 is 0. The zero-order valence-electron chi connectivity index (χ0n) is 16.8. The standard InChI is InChI=1S/C23H29N3O2/c1-3-25(4-2)23(28)20-10-6-7-11-21(20)24-22(27)18-12-14-19(15-13-18)26-16-8-5-9-17-26/h6-7,10-15H,3-5,8-9,16-17H2,1-2H3,(H,24,27). The van der Waals surface area contributed by atoms with Gasteiger partial charge in [-0.15, -0.1) is 0 Å². The summed E-state index contributed by atoms with van der Waals surface area (Å²) in [7, 11) is 0. The lowest BCUT2D eigenvalue weighted by Crippen LogP contribution is -2.31. The second kappa shape index (κ2) is 9.40. The molecule has 28 heavy (non-hydrogen) atoms. The van der Waals surface area contributed by atoms with Gasteiger partial charge in [0.15, 0.2) is 0 Å². The molecule has 2 aromatic carbocycles. The Labute approximate surface area is 167 Å². The molecular formula is C23H29N3O2. The monoisotopic (exact) mass is 379 g/mol. The van der Waals surface area contributed by atoms with Crippen molar-refractivity contribution >= 4 is 23.2 Å². The highest BCUT2D eigenvalue weighted by Gasteiger charge is 2.18. The van der Waals surface area contributed by atoms with E-state index < -0.39 is 0 Å². The molecule has 0 radical (unpaired) electrons. The minimum Gasteiger partial charge on any atom is -0.372 e. The fraction of sp³-hybridized carbons (Fsp3) is 0.391. The number of hydrogen-bond acceptors (Lipinski definition) is 3. The third-order valence-corrected chi connectivity index (χ3v) is 5.31. The summed E-state index contributed by atoms with van der Waals surface area (Å²) in [5.41, 5.74) is 2.81. The molecule has 2 amide bonds. The number of rotatable bonds is 6. The summed E-state index contributed by atoms with van der Waals surface area (Å²) in [6.07, 6.45) is 3.74. The first-order valence-corrected chi connectivity index (χ1v) is 10.2. The van der Waals surface area contributed by atoms with Crippen LogP contribution in [0.25, 0.3) is 0 Å². The Morgan fingerprint density at radius 3 is 2.21 bits per heavy atom. The third kappa shape index (κ3) is 4.53. The number of benzene rings is 2. The van der Waals surface area contributed by atoms with Gasteiger partial charge in [-0.2, -0.15) is 0 Å². The molecule has 148 valence electrons. The van der Waals surface area contributed by atoms with Crippen molar-refractivity contribution in [2.24, 2.45) is 0 Å². The van der Waals surface area contributed by atoms with Crippen molar-refractivity contribution in [1.82, 2.24) is 4.90 Å². The van der Waals surface area contributed by atoms with Crippen LogP contribution in [0.3, 0.4) is 0 Å². The molecular weight excluding hydrogens is 350 g/mol. The molecule has 5 heteroatoms. The highest BCUT2D eigenvalue weighted by Crippen LogP contribution is 2.22. The Morgan fingerprint density at radius 1 is 0.929 bits per heavy atom. The molecule has 1 heterocycles. The Hall–Kier alpha value is -2.82. The number of piperidine rings is 1. The zero-order chi connectivity index (χ0) is 19.9. The fourth-order valence-electron chi connectivity index (χ4n) is 3.63. The van der Waals surface area contributed by atoms with Crippen molar-refractivity contribution in [3.63, 3.8) is 0 Å². The SMILES string of the molecule is CCN(CC)C(=O)c1ccccc1NC(=O)c1ccc(N2CCCCC2)cc1. The number of anilines is 2. The van der Waals surface area contributed by atoms with Crippen LogP contribution in [0, 0.1) is 0 Å². The highest BCUT2D eigenvalue weighted by atomic mass is 16.2. The average Bonchev–Trinajstić information content (AvgIpc) is 2.75. The zero-order valence-corrected chi connectivity index (χ0v) is 16.8. The lowest BCUT2D eigenvalue weighted by Gasteiger charge is -2.28. The lowest BCUT2D eigenvalue weighted by molar-refractivity contribution is 0.0774. The first-order valence-electron chi connectivity index (χ1n) is 10.2. The Balaban J connectivity index is 1.73. The molecule has 0 atom stereocenters. The topological polar surface area (TPSA) is 52.7 Å². The van der Waals surface area contributed by atoms with Crippen LogP contribution in [0.4, 0.5) is 11.4 Å². The van der Waals surface area contributed by atoms with Gasteiger partial charge in [-0.1, -0.05) is 12.1 Å². The molecule has 3 rings (SSSR count). The molecule has 1 saturated heterocycles. The largest absolute Gasteiger partial charge is 0.372 e. The molecule has 0 saturated carbocycles. The van der Waals surface area contributed by atoms with E-state index in [-0.39, 0.29) is 11.8 Å². The van der Waals surface area contributed by atoms with E-state index in [2.05, 4.69) is 10.2 Å². The van der Waals surface area contributed by atoms with E-state index in [0.717, 1.165) is 18.8 Å². The second-order valence-electron chi connectivity index (χ2n) is 7.07. The van der Waals surface area contributed by atoms with Gasteiger partial charge < -0.3 is 15.1 Å². The maximum atomic E-state index is 12.7. The van der Waals surface area contributed by atoms with Crippen molar-refractivity contribution in [3.05, 3.63) is 59.7 Å². The number of carbonyl (C=O) groups is 2. The van der Waals surface area contributed by atoms with E-state index in [1.54, 1.807) is 17.0 Å². The van der Waals surface area contributed by atoms with Gasteiger partial charge in [0.05, 0.1) is 11.3 Å². The molecule has 0 bridgehead atoms. The van der Waals surface area contributed by atoms with Crippen molar-refractivity contribution in [3.8, 4) is 0 Å². The smallest absolute Gasteiger partial charge is 0.255 e. The van der Waals surface area contributed by atoms with Crippen LogP contribution in [-0.2, 0) is 0 Å². The van der Waals surface area contributed by atoms with Gasteiger partial charge in [-0.05, 0) is 69.5 Å². The summed E-state index contributed by atoms with van der Waals surface area (Å²) in [5, 5.41) is 2.91. The Bertz CT molecular complexity index is 807. The van der Waals surface area contributed by atoms with Gasteiger partial charge in [0.25, 0.3) is 11.8 Å². The summed E-state index contributed by atoms with van der Waals surface area (Å²) in [6.45, 7) is 7.32. The number of nitrogens with zero attached hydrogens (tertiary/aromatic N) is 2. The lowest BCUT2D eigenvalue weighted by atomic mass is 10.1. The van der Waals surface area contributed by atoms with E-state index in [1.165, 1.54) is 19.3 Å². The van der Waals surface area contributed by atoms with Crippen LogP contribution in [0.2, 0.25) is 0 Å². The predicted molar refractivity (Wildman–Crippen MR) is 114 cm³/mol. The van der Waals surface area contributed by atoms with Crippen molar-refractivity contribution in [1.29, 1.82) is 0 Å². The number of nitrogens with one attached hydrogen (secondary N) is 1. The minimum atomic E-state index is -0.204. The number of para-hydroxylation sites is 1. The second-order valence-corrected chi connectivity index (χ2v) is 7.07. The molecule has 1 aliphatic rings.